The van der Waals surface area contributed by atoms with E-state index in [0.29, 0.717) is 34.4 Å². The van der Waals surface area contributed by atoms with Gasteiger partial charge in [0.25, 0.3) is 5.79 Å². The fourth-order valence-corrected chi connectivity index (χ4v) is 6.45. The summed E-state index contributed by atoms with van der Waals surface area (Å²) in [6.45, 7) is 5.61. The van der Waals surface area contributed by atoms with Crippen LogP contribution in [0.5, 0.6) is 11.5 Å². The molecule has 0 bridgehead atoms. The average Bonchev–Trinajstić information content (AvgIpc) is 3.58. The number of nitrogens with zero attached hydrogens (tertiary/aromatic N) is 4. The number of carboxylic acid groups (broad SMARTS) is 1. The largest absolute Gasteiger partial charge is 0.477 e. The van der Waals surface area contributed by atoms with Crippen molar-refractivity contribution in [1.29, 1.82) is 0 Å². The summed E-state index contributed by atoms with van der Waals surface area (Å²) in [6, 6.07) is 11.3. The van der Waals surface area contributed by atoms with Crippen molar-refractivity contribution in [3.63, 3.8) is 0 Å². The molecule has 1 N–H and O–H groups in total. The van der Waals surface area contributed by atoms with E-state index < -0.39 is 11.8 Å². The lowest BCUT2D eigenvalue weighted by molar-refractivity contribution is -0.0718. The van der Waals surface area contributed by atoms with Crippen molar-refractivity contribution in [2.45, 2.75) is 44.7 Å². The lowest BCUT2D eigenvalue weighted by Crippen LogP contribution is -2.33. The number of aromatic nitrogens is 3. The summed E-state index contributed by atoms with van der Waals surface area (Å²) in [6.07, 6.45) is 5.83. The third-order valence-electron chi connectivity index (χ3n) is 7.69. The van der Waals surface area contributed by atoms with Crippen LogP contribution in [0.25, 0.3) is 15.9 Å². The van der Waals surface area contributed by atoms with Gasteiger partial charge in [-0.05, 0) is 42.7 Å². The number of imidazole rings is 1. The Labute approximate surface area is 239 Å². The summed E-state index contributed by atoms with van der Waals surface area (Å²) >= 11 is 7.25. The minimum absolute atomic E-state index is 0.147. The van der Waals surface area contributed by atoms with Crippen molar-refractivity contribution in [2.24, 2.45) is 0 Å². The number of thiophene rings is 1. The predicted octanol–water partition coefficient (Wildman–Crippen LogP) is 5.57. The van der Waals surface area contributed by atoms with Gasteiger partial charge in [0.1, 0.15) is 21.2 Å². The number of aromatic carboxylic acids is 1. The van der Waals surface area contributed by atoms with Crippen molar-refractivity contribution in [3.8, 4) is 11.5 Å². The Balaban J connectivity index is 1.10. The molecule has 3 aromatic heterocycles. The van der Waals surface area contributed by atoms with Crippen molar-refractivity contribution in [3.05, 3.63) is 75.7 Å². The third kappa shape index (κ3) is 4.54. The fourth-order valence-electron chi connectivity index (χ4n) is 5.45. The molecule has 1 aromatic carbocycles. The highest BCUT2D eigenvalue weighted by Crippen LogP contribution is 2.48. The van der Waals surface area contributed by atoms with E-state index in [1.165, 1.54) is 16.9 Å². The molecule has 9 nitrogen and oxygen atoms in total. The van der Waals surface area contributed by atoms with Crippen LogP contribution in [0.2, 0.25) is 5.02 Å². The van der Waals surface area contributed by atoms with Gasteiger partial charge in [0.2, 0.25) is 0 Å². The monoisotopic (exact) mass is 578 g/mol. The number of fused-ring (bicyclic) bond motifs is 2. The van der Waals surface area contributed by atoms with Gasteiger partial charge in [0.05, 0.1) is 29.7 Å². The van der Waals surface area contributed by atoms with Crippen molar-refractivity contribution in [2.75, 3.05) is 19.7 Å². The minimum atomic E-state index is -1.03. The summed E-state index contributed by atoms with van der Waals surface area (Å²) < 4.78 is 20.5. The smallest absolute Gasteiger partial charge is 0.346 e. The molecule has 0 radical (unpaired) electrons. The van der Waals surface area contributed by atoms with Crippen LogP contribution in [-0.4, -0.2) is 56.3 Å². The molecule has 1 fully saturated rings. The average molecular weight is 579 g/mol. The van der Waals surface area contributed by atoms with E-state index in [2.05, 4.69) is 26.6 Å². The van der Waals surface area contributed by atoms with E-state index in [1.54, 1.807) is 18.3 Å². The number of pyridine rings is 1. The molecule has 2 atom stereocenters. The van der Waals surface area contributed by atoms with Crippen molar-refractivity contribution in [1.82, 2.24) is 19.4 Å². The number of para-hydroxylation sites is 1. The van der Waals surface area contributed by atoms with Gasteiger partial charge in [0.15, 0.2) is 11.5 Å². The Morgan fingerprint density at radius 1 is 1.27 bits per heavy atom. The normalized spacial score (nSPS) is 22.4. The van der Waals surface area contributed by atoms with E-state index in [1.807, 2.05) is 25.1 Å². The molecule has 0 saturated carbocycles. The van der Waals surface area contributed by atoms with Crippen LogP contribution >= 0.6 is 22.9 Å². The first-order valence-electron chi connectivity index (χ1n) is 13.2. The topological polar surface area (TPSA) is 98.9 Å². The van der Waals surface area contributed by atoms with Crippen LogP contribution in [0.3, 0.4) is 0 Å². The van der Waals surface area contributed by atoms with Crippen LogP contribution in [-0.2, 0) is 23.6 Å². The molecule has 206 valence electrons. The third-order valence-corrected chi connectivity index (χ3v) is 8.92. The van der Waals surface area contributed by atoms with Crippen molar-refractivity contribution < 1.29 is 24.1 Å². The van der Waals surface area contributed by atoms with Crippen LogP contribution < -0.4 is 9.47 Å². The van der Waals surface area contributed by atoms with Gasteiger partial charge in [-0.1, -0.05) is 29.8 Å². The highest BCUT2D eigenvalue weighted by Gasteiger charge is 2.41. The highest BCUT2D eigenvalue weighted by atomic mass is 35.5. The Bertz CT molecular complexity index is 1640. The molecule has 0 unspecified atom stereocenters. The molecule has 11 heteroatoms. The standard InChI is InChI=1S/C29H27ClN4O5S/c1-29(24-6-5-18(30)14-31-24)38-22-4-2-3-20(26(22)39-29)17-7-10-33(11-8-17)16-25-32-27-21(13-23(40-27)28(35)36)34(25)15-19-9-12-37-19/h2-7,13-14,19H,8-12,15-16H2,1H3,(H,35,36)/t19-,29-/m0/s1. The zero-order valence-electron chi connectivity index (χ0n) is 21.8. The van der Waals surface area contributed by atoms with E-state index in [4.69, 9.17) is 30.8 Å². The lowest BCUT2D eigenvalue weighted by Gasteiger charge is -2.29. The quantitative estimate of drug-likeness (QED) is 0.304. The molecular formula is C29H27ClN4O5S. The SMILES string of the molecule is C[C@]1(c2ccc(Cl)cn2)Oc2cccc(C3=CCN(Cc4nc5sc(C(=O)O)cc5n4C[C@@H]4CCO4)CC3)c2O1. The first kappa shape index (κ1) is 25.5. The number of halogens is 1. The first-order chi connectivity index (χ1) is 19.4. The van der Waals surface area contributed by atoms with Crippen LogP contribution in [0.1, 0.15) is 46.5 Å². The number of hydrogen-bond acceptors (Lipinski definition) is 8. The van der Waals surface area contributed by atoms with Crippen LogP contribution in [0, 0.1) is 0 Å². The molecule has 0 spiro atoms. The molecule has 3 aliphatic heterocycles. The summed E-state index contributed by atoms with van der Waals surface area (Å²) in [4.78, 5) is 24.2. The second kappa shape index (κ2) is 9.88. The summed E-state index contributed by atoms with van der Waals surface area (Å²) in [5, 5.41) is 10.0. The maximum absolute atomic E-state index is 11.5. The summed E-state index contributed by atoms with van der Waals surface area (Å²) in [5.74, 6) is 0.414. The molecular weight excluding hydrogens is 552 g/mol. The number of ether oxygens (including phenoxy) is 3. The first-order valence-corrected chi connectivity index (χ1v) is 14.4. The van der Waals surface area contributed by atoms with Gasteiger partial charge in [-0.15, -0.1) is 11.3 Å². The van der Waals surface area contributed by atoms with E-state index >= 15 is 0 Å². The fraction of sp³-hybridized carbons (Fsp3) is 0.345. The number of hydrogen-bond donors (Lipinski definition) is 1. The molecule has 7 rings (SSSR count). The van der Waals surface area contributed by atoms with E-state index in [0.717, 1.165) is 60.0 Å². The number of rotatable bonds is 7. The zero-order chi connectivity index (χ0) is 27.4. The Morgan fingerprint density at radius 2 is 2.15 bits per heavy atom. The zero-order valence-corrected chi connectivity index (χ0v) is 23.4. The van der Waals surface area contributed by atoms with Crippen LogP contribution in [0.4, 0.5) is 0 Å². The van der Waals surface area contributed by atoms with Gasteiger partial charge in [-0.25, -0.2) is 9.78 Å². The summed E-state index contributed by atoms with van der Waals surface area (Å²) in [5.41, 5.74) is 3.76. The van der Waals surface area contributed by atoms with E-state index in [-0.39, 0.29) is 6.10 Å². The molecule has 3 aliphatic rings. The van der Waals surface area contributed by atoms with E-state index in [9.17, 15) is 9.90 Å². The molecule has 0 aliphatic carbocycles. The van der Waals surface area contributed by atoms with Gasteiger partial charge < -0.3 is 23.9 Å². The molecule has 1 saturated heterocycles. The predicted molar refractivity (Wildman–Crippen MR) is 151 cm³/mol. The second-order valence-corrected chi connectivity index (χ2v) is 11.9. The summed E-state index contributed by atoms with van der Waals surface area (Å²) in [7, 11) is 0. The number of carboxylic acids is 1. The van der Waals surface area contributed by atoms with Gasteiger partial charge in [-0.2, -0.15) is 0 Å². The number of benzene rings is 1. The maximum atomic E-state index is 11.5. The Hall–Kier alpha value is -3.44. The molecule has 4 aromatic rings. The van der Waals surface area contributed by atoms with Crippen molar-refractivity contribution >= 4 is 44.8 Å². The Morgan fingerprint density at radius 3 is 2.85 bits per heavy atom. The number of carbonyl (C=O) groups is 1. The van der Waals surface area contributed by atoms with Gasteiger partial charge in [0, 0.05) is 38.4 Å². The Kier molecular flexibility index (Phi) is 6.31. The van der Waals surface area contributed by atoms with Gasteiger partial charge in [-0.3, -0.25) is 9.88 Å². The second-order valence-electron chi connectivity index (χ2n) is 10.4. The maximum Gasteiger partial charge on any atom is 0.346 e. The molecule has 6 heterocycles. The van der Waals surface area contributed by atoms with Gasteiger partial charge >= 0.3 is 5.97 Å². The minimum Gasteiger partial charge on any atom is -0.477 e. The molecule has 40 heavy (non-hydrogen) atoms. The lowest BCUT2D eigenvalue weighted by atomic mass is 9.98. The van der Waals surface area contributed by atoms with Crippen LogP contribution in [0.15, 0.2) is 48.7 Å². The molecule has 0 amide bonds. The highest BCUT2D eigenvalue weighted by molar-refractivity contribution is 7.20.